The van der Waals surface area contributed by atoms with Gasteiger partial charge in [0, 0.05) is 30.9 Å². The van der Waals surface area contributed by atoms with Crippen LogP contribution in [0.25, 0.3) is 22.8 Å². The van der Waals surface area contributed by atoms with Crippen LogP contribution in [-0.2, 0) is 0 Å². The van der Waals surface area contributed by atoms with Gasteiger partial charge in [-0.1, -0.05) is 18.2 Å². The molecule has 0 atom stereocenters. The van der Waals surface area contributed by atoms with Gasteiger partial charge in [-0.05, 0) is 36.4 Å². The normalized spacial score (nSPS) is 10.5. The third-order valence-corrected chi connectivity index (χ3v) is 3.50. The first kappa shape index (κ1) is 14.8. The maximum atomic E-state index is 11.5. The highest BCUT2D eigenvalue weighted by Crippen LogP contribution is 2.30. The minimum Gasteiger partial charge on any atom is -0.476 e. The Bertz CT molecular complexity index is 821. The molecule has 0 saturated heterocycles. The molecule has 5 heteroatoms. The average molecular weight is 308 g/mol. The molecule has 116 valence electrons. The summed E-state index contributed by atoms with van der Waals surface area (Å²) in [5.41, 5.74) is 2.36. The van der Waals surface area contributed by atoms with Crippen molar-refractivity contribution >= 4 is 11.7 Å². The van der Waals surface area contributed by atoms with Crippen molar-refractivity contribution in [2.24, 2.45) is 0 Å². The lowest BCUT2D eigenvalue weighted by Gasteiger charge is -2.12. The van der Waals surface area contributed by atoms with Gasteiger partial charge in [-0.25, -0.2) is 9.78 Å². The molecule has 1 heterocycles. The Morgan fingerprint density at radius 3 is 2.22 bits per heavy atom. The van der Waals surface area contributed by atoms with Crippen LogP contribution in [-0.4, -0.2) is 30.2 Å². The van der Waals surface area contributed by atoms with Gasteiger partial charge < -0.3 is 14.4 Å². The summed E-state index contributed by atoms with van der Waals surface area (Å²) in [5, 5.41) is 9.40. The molecule has 0 unspecified atom stereocenters. The third kappa shape index (κ3) is 2.94. The second-order valence-electron chi connectivity index (χ2n) is 5.31. The predicted molar refractivity (Wildman–Crippen MR) is 88.7 cm³/mol. The molecule has 0 saturated carbocycles. The van der Waals surface area contributed by atoms with E-state index in [0.29, 0.717) is 11.5 Å². The topological polar surface area (TPSA) is 66.6 Å². The van der Waals surface area contributed by atoms with Gasteiger partial charge in [-0.15, -0.1) is 0 Å². The van der Waals surface area contributed by atoms with Crippen LogP contribution >= 0.6 is 0 Å². The minimum atomic E-state index is -1.11. The molecule has 0 spiro atoms. The van der Waals surface area contributed by atoms with Crippen molar-refractivity contribution < 1.29 is 14.3 Å². The quantitative estimate of drug-likeness (QED) is 0.794. The predicted octanol–water partition coefficient (Wildman–Crippen LogP) is 3.77. The molecule has 0 aliphatic carbocycles. The molecule has 5 nitrogen and oxygen atoms in total. The molecule has 0 amide bonds. The SMILES string of the molecule is CN(C)c1ccc(-c2oc(-c3ccccc3)nc2C(=O)O)cc1. The molecule has 1 aromatic heterocycles. The van der Waals surface area contributed by atoms with E-state index in [2.05, 4.69) is 4.98 Å². The summed E-state index contributed by atoms with van der Waals surface area (Å²) in [4.78, 5) is 17.6. The summed E-state index contributed by atoms with van der Waals surface area (Å²) in [7, 11) is 3.89. The van der Waals surface area contributed by atoms with Crippen molar-refractivity contribution in [1.82, 2.24) is 4.98 Å². The number of aromatic carboxylic acids is 1. The molecule has 0 radical (unpaired) electrons. The molecule has 0 fully saturated rings. The molecular weight excluding hydrogens is 292 g/mol. The lowest BCUT2D eigenvalue weighted by atomic mass is 10.1. The van der Waals surface area contributed by atoms with Crippen molar-refractivity contribution in [2.45, 2.75) is 0 Å². The molecule has 1 N–H and O–H groups in total. The van der Waals surface area contributed by atoms with Gasteiger partial charge in [0.05, 0.1) is 0 Å². The maximum Gasteiger partial charge on any atom is 0.358 e. The van der Waals surface area contributed by atoms with E-state index in [9.17, 15) is 9.90 Å². The zero-order valence-electron chi connectivity index (χ0n) is 12.9. The highest BCUT2D eigenvalue weighted by molar-refractivity contribution is 5.93. The number of hydrogen-bond donors (Lipinski definition) is 1. The summed E-state index contributed by atoms with van der Waals surface area (Å²) in [5.74, 6) is -0.543. The van der Waals surface area contributed by atoms with Crippen LogP contribution in [0.4, 0.5) is 5.69 Å². The Hall–Kier alpha value is -3.08. The molecule has 0 aliphatic rings. The van der Waals surface area contributed by atoms with Crippen LogP contribution in [0.3, 0.4) is 0 Å². The van der Waals surface area contributed by atoms with E-state index < -0.39 is 5.97 Å². The van der Waals surface area contributed by atoms with E-state index >= 15 is 0 Å². The number of hydrogen-bond acceptors (Lipinski definition) is 4. The van der Waals surface area contributed by atoms with E-state index in [1.54, 1.807) is 0 Å². The van der Waals surface area contributed by atoms with Crippen molar-refractivity contribution in [2.75, 3.05) is 19.0 Å². The first-order chi connectivity index (χ1) is 11.1. The van der Waals surface area contributed by atoms with E-state index in [4.69, 9.17) is 4.42 Å². The fraction of sp³-hybridized carbons (Fsp3) is 0.111. The smallest absolute Gasteiger partial charge is 0.358 e. The van der Waals surface area contributed by atoms with Crippen molar-refractivity contribution in [3.05, 3.63) is 60.3 Å². The Morgan fingerprint density at radius 1 is 1.00 bits per heavy atom. The average Bonchev–Trinajstić information content (AvgIpc) is 3.01. The zero-order chi connectivity index (χ0) is 16.4. The summed E-state index contributed by atoms with van der Waals surface area (Å²) in [6.45, 7) is 0. The number of aromatic nitrogens is 1. The van der Waals surface area contributed by atoms with Crippen LogP contribution in [0.2, 0.25) is 0 Å². The Balaban J connectivity index is 2.07. The fourth-order valence-corrected chi connectivity index (χ4v) is 2.28. The first-order valence-corrected chi connectivity index (χ1v) is 7.13. The Morgan fingerprint density at radius 2 is 1.65 bits per heavy atom. The summed E-state index contributed by atoms with van der Waals surface area (Å²) < 4.78 is 5.74. The Kier molecular flexibility index (Phi) is 3.85. The zero-order valence-corrected chi connectivity index (χ0v) is 12.9. The van der Waals surface area contributed by atoms with Gasteiger partial charge in [0.1, 0.15) is 0 Å². The van der Waals surface area contributed by atoms with Gasteiger partial charge in [-0.2, -0.15) is 0 Å². The van der Waals surface area contributed by atoms with Crippen LogP contribution < -0.4 is 4.90 Å². The molecule has 3 rings (SSSR count). The van der Waals surface area contributed by atoms with Crippen molar-refractivity contribution in [3.63, 3.8) is 0 Å². The number of rotatable bonds is 4. The monoisotopic (exact) mass is 308 g/mol. The molecule has 0 aliphatic heterocycles. The lowest BCUT2D eigenvalue weighted by molar-refractivity contribution is 0.0691. The van der Waals surface area contributed by atoms with Gasteiger partial charge >= 0.3 is 5.97 Å². The van der Waals surface area contributed by atoms with Gasteiger partial charge in [0.25, 0.3) is 0 Å². The molecule has 0 bridgehead atoms. The largest absolute Gasteiger partial charge is 0.476 e. The Labute approximate surface area is 133 Å². The second-order valence-corrected chi connectivity index (χ2v) is 5.31. The van der Waals surface area contributed by atoms with Gasteiger partial charge in [-0.3, -0.25) is 0 Å². The first-order valence-electron chi connectivity index (χ1n) is 7.13. The van der Waals surface area contributed by atoms with Gasteiger partial charge in [0.15, 0.2) is 11.5 Å². The van der Waals surface area contributed by atoms with E-state index in [-0.39, 0.29) is 11.5 Å². The molecular formula is C18H16N2O3. The number of nitrogens with zero attached hydrogens (tertiary/aromatic N) is 2. The van der Waals surface area contributed by atoms with E-state index in [1.165, 1.54) is 0 Å². The lowest BCUT2D eigenvalue weighted by Crippen LogP contribution is -2.08. The van der Waals surface area contributed by atoms with Crippen LogP contribution in [0.15, 0.2) is 59.0 Å². The van der Waals surface area contributed by atoms with E-state index in [0.717, 1.165) is 11.3 Å². The van der Waals surface area contributed by atoms with Crippen molar-refractivity contribution in [1.29, 1.82) is 0 Å². The number of anilines is 1. The van der Waals surface area contributed by atoms with E-state index in [1.807, 2.05) is 73.6 Å². The summed E-state index contributed by atoms with van der Waals surface area (Å²) in [6.07, 6.45) is 0. The number of benzene rings is 2. The number of carbonyl (C=O) groups is 1. The van der Waals surface area contributed by atoms with Crippen LogP contribution in [0.1, 0.15) is 10.5 Å². The van der Waals surface area contributed by atoms with Crippen LogP contribution in [0, 0.1) is 0 Å². The number of oxazole rings is 1. The number of carboxylic acid groups (broad SMARTS) is 1. The standard InChI is InChI=1S/C18H16N2O3/c1-20(2)14-10-8-12(9-11-14)16-15(18(21)22)19-17(23-16)13-6-4-3-5-7-13/h3-11H,1-2H3,(H,21,22). The van der Waals surface area contributed by atoms with Gasteiger partial charge in [0.2, 0.25) is 5.89 Å². The molecule has 2 aromatic carbocycles. The summed E-state index contributed by atoms with van der Waals surface area (Å²) >= 11 is 0. The number of carboxylic acids is 1. The summed E-state index contributed by atoms with van der Waals surface area (Å²) in [6, 6.07) is 16.7. The highest BCUT2D eigenvalue weighted by atomic mass is 16.4. The maximum absolute atomic E-state index is 11.5. The van der Waals surface area contributed by atoms with Crippen LogP contribution in [0.5, 0.6) is 0 Å². The second kappa shape index (κ2) is 5.96. The molecule has 3 aromatic rings. The molecule has 23 heavy (non-hydrogen) atoms. The third-order valence-electron chi connectivity index (χ3n) is 3.50. The fourth-order valence-electron chi connectivity index (χ4n) is 2.28. The van der Waals surface area contributed by atoms with Crippen molar-refractivity contribution in [3.8, 4) is 22.8 Å². The minimum absolute atomic E-state index is 0.0820. The highest BCUT2D eigenvalue weighted by Gasteiger charge is 2.21.